The van der Waals surface area contributed by atoms with Gasteiger partial charge in [0.15, 0.2) is 5.13 Å². The molecule has 1 N–H and O–H groups in total. The summed E-state index contributed by atoms with van der Waals surface area (Å²) in [5, 5.41) is 2.30. The maximum atomic E-state index is 13.7. The molecule has 3 heterocycles. The van der Waals surface area contributed by atoms with Gasteiger partial charge in [-0.05, 0) is 30.7 Å². The normalized spacial score (nSPS) is 14.6. The second-order valence-corrected chi connectivity index (χ2v) is 9.17. The maximum absolute atomic E-state index is 13.7. The van der Waals surface area contributed by atoms with Crippen LogP contribution in [0.4, 0.5) is 5.13 Å². The Hall–Kier alpha value is -2.16. The van der Waals surface area contributed by atoms with Crippen LogP contribution >= 0.6 is 35.3 Å². The molecule has 1 aliphatic heterocycles. The van der Waals surface area contributed by atoms with E-state index < -0.39 is 0 Å². The van der Waals surface area contributed by atoms with Crippen LogP contribution in [0.5, 0.6) is 0 Å². The Kier molecular flexibility index (Phi) is 7.02. The van der Waals surface area contributed by atoms with E-state index in [4.69, 9.17) is 21.3 Å². The van der Waals surface area contributed by atoms with E-state index in [0.717, 1.165) is 59.5 Å². The van der Waals surface area contributed by atoms with Crippen molar-refractivity contribution in [1.82, 2.24) is 14.9 Å². The van der Waals surface area contributed by atoms with Crippen LogP contribution in [0.2, 0.25) is 5.02 Å². The minimum absolute atomic E-state index is 0. The van der Waals surface area contributed by atoms with E-state index in [2.05, 4.69) is 9.88 Å². The average molecular weight is 491 g/mol. The van der Waals surface area contributed by atoms with Gasteiger partial charge in [-0.1, -0.05) is 41.1 Å². The minimum Gasteiger partial charge on any atom is -0.379 e. The van der Waals surface area contributed by atoms with E-state index >= 15 is 0 Å². The Morgan fingerprint density at radius 1 is 1.28 bits per heavy atom. The fourth-order valence-electron chi connectivity index (χ4n) is 4.00. The Bertz CT molecular complexity index is 1250. The second-order valence-electron chi connectivity index (χ2n) is 7.72. The highest BCUT2D eigenvalue weighted by molar-refractivity contribution is 7.22. The summed E-state index contributed by atoms with van der Waals surface area (Å²) in [7, 11) is 0. The Morgan fingerprint density at radius 3 is 2.88 bits per heavy atom. The fourth-order valence-corrected chi connectivity index (χ4v) is 5.45. The molecule has 2 aromatic heterocycles. The largest absolute Gasteiger partial charge is 0.379 e. The summed E-state index contributed by atoms with van der Waals surface area (Å²) in [6.07, 6.45) is 1.80. The number of amides is 1. The van der Waals surface area contributed by atoms with E-state index in [1.807, 2.05) is 48.2 Å². The molecule has 0 unspecified atom stereocenters. The molecule has 0 bridgehead atoms. The lowest BCUT2D eigenvalue weighted by molar-refractivity contribution is 0.0391. The molecular weight excluding hydrogens is 467 g/mol. The maximum Gasteiger partial charge on any atom is 0.262 e. The van der Waals surface area contributed by atoms with Gasteiger partial charge in [-0.2, -0.15) is 0 Å². The molecule has 6 nitrogen and oxygen atoms in total. The van der Waals surface area contributed by atoms with Crippen molar-refractivity contribution in [3.63, 3.8) is 0 Å². The van der Waals surface area contributed by atoms with Crippen molar-refractivity contribution in [1.29, 1.82) is 0 Å². The number of benzene rings is 2. The number of nitrogens with zero attached hydrogens (tertiary/aromatic N) is 3. The van der Waals surface area contributed by atoms with Gasteiger partial charge < -0.3 is 9.72 Å². The Morgan fingerprint density at radius 2 is 2.06 bits per heavy atom. The van der Waals surface area contributed by atoms with Crippen LogP contribution < -0.4 is 4.90 Å². The summed E-state index contributed by atoms with van der Waals surface area (Å²) >= 11 is 7.77. The Labute approximate surface area is 201 Å². The van der Waals surface area contributed by atoms with E-state index in [-0.39, 0.29) is 18.3 Å². The smallest absolute Gasteiger partial charge is 0.262 e. The van der Waals surface area contributed by atoms with Crippen molar-refractivity contribution >= 4 is 67.5 Å². The summed E-state index contributed by atoms with van der Waals surface area (Å²) in [4.78, 5) is 25.9. The fraction of sp³-hybridized carbons (Fsp3) is 0.304. The van der Waals surface area contributed by atoms with Gasteiger partial charge in [-0.25, -0.2) is 4.98 Å². The summed E-state index contributed by atoms with van der Waals surface area (Å²) in [5.41, 5.74) is 3.52. The standard InChI is InChI=1S/C23H23ClN4O2S.ClH/c1-15-12-16(24)13-20-21(15)26-23(31-20)28(7-6-27-8-10-30-11-9-27)22(29)18-14-25-19-5-3-2-4-17(18)19;/h2-5,12-14,25H,6-11H2,1H3;1H. The summed E-state index contributed by atoms with van der Waals surface area (Å²) in [6, 6.07) is 11.7. The first-order valence-electron chi connectivity index (χ1n) is 10.3. The van der Waals surface area contributed by atoms with Crippen LogP contribution in [0.3, 0.4) is 0 Å². The number of carbonyl (C=O) groups excluding carboxylic acids is 1. The number of fused-ring (bicyclic) bond motifs is 2. The van der Waals surface area contributed by atoms with E-state index in [1.165, 1.54) is 11.3 Å². The first-order chi connectivity index (χ1) is 15.1. The highest BCUT2D eigenvalue weighted by Gasteiger charge is 2.25. The molecule has 9 heteroatoms. The van der Waals surface area contributed by atoms with Crippen molar-refractivity contribution in [2.24, 2.45) is 0 Å². The quantitative estimate of drug-likeness (QED) is 0.420. The van der Waals surface area contributed by atoms with Gasteiger partial charge in [0.2, 0.25) is 0 Å². The van der Waals surface area contributed by atoms with Crippen molar-refractivity contribution < 1.29 is 9.53 Å². The number of aromatic amines is 1. The lowest BCUT2D eigenvalue weighted by Crippen LogP contribution is -2.43. The highest BCUT2D eigenvalue weighted by Crippen LogP contribution is 2.34. The van der Waals surface area contributed by atoms with Crippen molar-refractivity contribution in [3.8, 4) is 0 Å². The Balaban J connectivity index is 0.00000245. The molecule has 1 amide bonds. The third-order valence-electron chi connectivity index (χ3n) is 5.68. The molecule has 0 aliphatic carbocycles. The van der Waals surface area contributed by atoms with Gasteiger partial charge in [-0.3, -0.25) is 14.6 Å². The molecule has 1 fully saturated rings. The molecule has 32 heavy (non-hydrogen) atoms. The van der Waals surface area contributed by atoms with Crippen molar-refractivity contribution in [2.75, 3.05) is 44.3 Å². The molecule has 0 saturated carbocycles. The number of hydrogen-bond acceptors (Lipinski definition) is 5. The number of anilines is 1. The molecule has 168 valence electrons. The van der Waals surface area contributed by atoms with E-state index in [9.17, 15) is 4.79 Å². The zero-order valence-electron chi connectivity index (χ0n) is 17.6. The van der Waals surface area contributed by atoms with Crippen molar-refractivity contribution in [2.45, 2.75) is 6.92 Å². The second kappa shape index (κ2) is 9.77. The summed E-state index contributed by atoms with van der Waals surface area (Å²) in [6.45, 7) is 6.55. The first kappa shape index (κ1) is 23.0. The van der Waals surface area contributed by atoms with Crippen LogP contribution in [0.1, 0.15) is 15.9 Å². The molecule has 0 spiro atoms. The van der Waals surface area contributed by atoms with E-state index in [0.29, 0.717) is 22.3 Å². The van der Waals surface area contributed by atoms with Crippen LogP contribution in [0.25, 0.3) is 21.1 Å². The average Bonchev–Trinajstić information content (AvgIpc) is 3.39. The minimum atomic E-state index is -0.0477. The van der Waals surface area contributed by atoms with Crippen LogP contribution in [-0.4, -0.2) is 60.2 Å². The SMILES string of the molecule is Cc1cc(Cl)cc2sc(N(CCN3CCOCC3)C(=O)c3c[nH]c4ccccc34)nc12.Cl. The number of nitrogens with one attached hydrogen (secondary N) is 1. The molecule has 0 atom stereocenters. The first-order valence-corrected chi connectivity index (χ1v) is 11.5. The molecule has 4 aromatic rings. The van der Waals surface area contributed by atoms with Crippen LogP contribution in [0, 0.1) is 6.92 Å². The van der Waals surface area contributed by atoms with Gasteiger partial charge in [-0.15, -0.1) is 12.4 Å². The number of carbonyl (C=O) groups is 1. The number of morpholine rings is 1. The van der Waals surface area contributed by atoms with Gasteiger partial charge in [0.25, 0.3) is 5.91 Å². The molecule has 1 aliphatic rings. The third kappa shape index (κ3) is 4.49. The monoisotopic (exact) mass is 490 g/mol. The highest BCUT2D eigenvalue weighted by atomic mass is 35.5. The van der Waals surface area contributed by atoms with Gasteiger partial charge in [0, 0.05) is 48.3 Å². The number of ether oxygens (including phenoxy) is 1. The molecule has 2 aromatic carbocycles. The summed E-state index contributed by atoms with van der Waals surface area (Å²) < 4.78 is 6.45. The summed E-state index contributed by atoms with van der Waals surface area (Å²) in [5.74, 6) is -0.0477. The number of para-hydroxylation sites is 1. The zero-order chi connectivity index (χ0) is 21.4. The number of hydrogen-bond donors (Lipinski definition) is 1. The number of aromatic nitrogens is 2. The lowest BCUT2D eigenvalue weighted by Gasteiger charge is -2.29. The molecule has 0 radical (unpaired) electrons. The predicted octanol–water partition coefficient (Wildman–Crippen LogP) is 5.14. The topological polar surface area (TPSA) is 61.5 Å². The van der Waals surface area contributed by atoms with Crippen molar-refractivity contribution in [3.05, 3.63) is 58.7 Å². The number of H-pyrrole nitrogens is 1. The molecule has 1 saturated heterocycles. The predicted molar refractivity (Wildman–Crippen MR) is 134 cm³/mol. The number of halogens is 2. The number of thiazole rings is 1. The third-order valence-corrected chi connectivity index (χ3v) is 6.92. The molecule has 5 rings (SSSR count). The number of aryl methyl sites for hydroxylation is 1. The number of rotatable bonds is 5. The van der Waals surface area contributed by atoms with Gasteiger partial charge in [0.05, 0.1) is 29.0 Å². The van der Waals surface area contributed by atoms with Gasteiger partial charge >= 0.3 is 0 Å². The van der Waals surface area contributed by atoms with Crippen LogP contribution in [0.15, 0.2) is 42.6 Å². The van der Waals surface area contributed by atoms with E-state index in [1.54, 1.807) is 6.20 Å². The van der Waals surface area contributed by atoms with Crippen LogP contribution in [-0.2, 0) is 4.74 Å². The molecular formula is C23H24Cl2N4O2S. The lowest BCUT2D eigenvalue weighted by atomic mass is 10.1. The zero-order valence-corrected chi connectivity index (χ0v) is 20.0. The van der Waals surface area contributed by atoms with Gasteiger partial charge in [0.1, 0.15) is 0 Å².